The highest BCUT2D eigenvalue weighted by Crippen LogP contribution is 2.29. The molecule has 1 aromatic heterocycles. The fourth-order valence-corrected chi connectivity index (χ4v) is 1.93. The van der Waals surface area contributed by atoms with E-state index in [1.165, 1.54) is 0 Å². The average Bonchev–Trinajstić information content (AvgIpc) is 2.25. The van der Waals surface area contributed by atoms with Gasteiger partial charge in [-0.2, -0.15) is 5.10 Å². The van der Waals surface area contributed by atoms with E-state index in [0.717, 1.165) is 11.3 Å². The number of hydrogen-bond donors (Lipinski definition) is 1. The lowest BCUT2D eigenvalue weighted by molar-refractivity contribution is -0.137. The normalized spacial score (nSPS) is 12.9. The van der Waals surface area contributed by atoms with Crippen LogP contribution in [0.15, 0.2) is 0 Å². The van der Waals surface area contributed by atoms with Gasteiger partial charge in [-0.1, -0.05) is 18.5 Å². The summed E-state index contributed by atoms with van der Waals surface area (Å²) in [5.41, 5.74) is 1.63. The molecule has 0 fully saturated rings. The zero-order valence-electron chi connectivity index (χ0n) is 8.41. The minimum atomic E-state index is -0.822. The lowest BCUT2D eigenvalue weighted by Crippen LogP contribution is -2.03. The van der Waals surface area contributed by atoms with E-state index < -0.39 is 5.97 Å². The third-order valence-corrected chi connectivity index (χ3v) is 2.62. The molecule has 1 aromatic rings. The summed E-state index contributed by atoms with van der Waals surface area (Å²) < 4.78 is 1.56. The Morgan fingerprint density at radius 2 is 2.29 bits per heavy atom. The molecule has 1 rings (SSSR count). The lowest BCUT2D eigenvalue weighted by atomic mass is 9.99. The second-order valence-electron chi connectivity index (χ2n) is 3.41. The van der Waals surface area contributed by atoms with Gasteiger partial charge in [0.25, 0.3) is 0 Å². The molecule has 0 aromatic carbocycles. The molecule has 5 heteroatoms. The molecule has 4 nitrogen and oxygen atoms in total. The summed E-state index contributed by atoms with van der Waals surface area (Å²) in [5.74, 6) is -0.925. The summed E-state index contributed by atoms with van der Waals surface area (Å²) in [4.78, 5) is 10.5. The predicted octanol–water partition coefficient (Wildman–Crippen LogP) is 1.96. The van der Waals surface area contributed by atoms with Crippen LogP contribution in [-0.4, -0.2) is 20.9 Å². The number of nitrogens with zero attached hydrogens (tertiary/aromatic N) is 2. The van der Waals surface area contributed by atoms with Crippen LogP contribution in [0.4, 0.5) is 0 Å². The second-order valence-corrected chi connectivity index (χ2v) is 3.77. The molecule has 0 aliphatic heterocycles. The molecular weight excluding hydrogens is 204 g/mol. The highest BCUT2D eigenvalue weighted by molar-refractivity contribution is 6.30. The first-order valence-corrected chi connectivity index (χ1v) is 4.72. The van der Waals surface area contributed by atoms with Crippen molar-refractivity contribution in [2.24, 2.45) is 7.05 Å². The Bertz CT molecular complexity index is 360. The monoisotopic (exact) mass is 216 g/mol. The molecule has 0 saturated carbocycles. The Kier molecular flexibility index (Phi) is 3.16. The van der Waals surface area contributed by atoms with Crippen LogP contribution in [0, 0.1) is 6.92 Å². The molecule has 1 heterocycles. The Hall–Kier alpha value is -1.03. The quantitative estimate of drug-likeness (QED) is 0.841. The fraction of sp³-hybridized carbons (Fsp3) is 0.556. The number of halogens is 1. The van der Waals surface area contributed by atoms with Crippen LogP contribution < -0.4 is 0 Å². The highest BCUT2D eigenvalue weighted by Gasteiger charge is 2.19. The maximum Gasteiger partial charge on any atom is 0.303 e. The van der Waals surface area contributed by atoms with Crippen molar-refractivity contribution in [2.75, 3.05) is 0 Å². The molecule has 0 saturated heterocycles. The number of carboxylic acids is 1. The van der Waals surface area contributed by atoms with Gasteiger partial charge in [0.2, 0.25) is 0 Å². The standard InChI is InChI=1S/C9H13ClN2O2/c1-5(4-7(13)14)8-6(2)11-12(3)9(8)10/h5H,4H2,1-3H3,(H,13,14). The van der Waals surface area contributed by atoms with Crippen molar-refractivity contribution in [1.82, 2.24) is 9.78 Å². The molecular formula is C9H13ClN2O2. The fourth-order valence-electron chi connectivity index (χ4n) is 1.57. The van der Waals surface area contributed by atoms with E-state index >= 15 is 0 Å². The number of aliphatic carboxylic acids is 1. The van der Waals surface area contributed by atoms with Gasteiger partial charge in [0.15, 0.2) is 0 Å². The van der Waals surface area contributed by atoms with E-state index in [0.29, 0.717) is 5.15 Å². The van der Waals surface area contributed by atoms with Crippen molar-refractivity contribution in [2.45, 2.75) is 26.2 Å². The molecule has 1 atom stereocenters. The van der Waals surface area contributed by atoms with E-state index in [4.69, 9.17) is 16.7 Å². The van der Waals surface area contributed by atoms with Crippen LogP contribution in [0.25, 0.3) is 0 Å². The smallest absolute Gasteiger partial charge is 0.303 e. The molecule has 0 bridgehead atoms. The zero-order chi connectivity index (χ0) is 10.9. The molecule has 0 radical (unpaired) electrons. The van der Waals surface area contributed by atoms with Crippen molar-refractivity contribution in [1.29, 1.82) is 0 Å². The average molecular weight is 217 g/mol. The number of aromatic nitrogens is 2. The van der Waals surface area contributed by atoms with Crippen LogP contribution in [0.3, 0.4) is 0 Å². The van der Waals surface area contributed by atoms with Crippen molar-refractivity contribution in [3.05, 3.63) is 16.4 Å². The third-order valence-electron chi connectivity index (χ3n) is 2.17. The van der Waals surface area contributed by atoms with Crippen molar-refractivity contribution >= 4 is 17.6 Å². The zero-order valence-corrected chi connectivity index (χ0v) is 9.17. The van der Waals surface area contributed by atoms with E-state index in [9.17, 15) is 4.79 Å². The summed E-state index contributed by atoms with van der Waals surface area (Å²) in [5, 5.41) is 13.3. The molecule has 0 aliphatic rings. The van der Waals surface area contributed by atoms with Gasteiger partial charge < -0.3 is 5.11 Å². The van der Waals surface area contributed by atoms with Crippen LogP contribution >= 0.6 is 11.6 Å². The summed E-state index contributed by atoms with van der Waals surface area (Å²) in [7, 11) is 1.74. The van der Waals surface area contributed by atoms with Gasteiger partial charge in [0, 0.05) is 12.6 Å². The van der Waals surface area contributed by atoms with Crippen molar-refractivity contribution in [3.8, 4) is 0 Å². The number of aryl methyl sites for hydroxylation is 2. The maximum atomic E-state index is 10.5. The second kappa shape index (κ2) is 4.00. The van der Waals surface area contributed by atoms with E-state index in [1.54, 1.807) is 11.7 Å². The van der Waals surface area contributed by atoms with Gasteiger partial charge in [0.05, 0.1) is 12.1 Å². The molecule has 0 spiro atoms. The topological polar surface area (TPSA) is 55.1 Å². The van der Waals surface area contributed by atoms with E-state index in [2.05, 4.69) is 5.10 Å². The van der Waals surface area contributed by atoms with Crippen LogP contribution in [0.5, 0.6) is 0 Å². The Morgan fingerprint density at radius 1 is 1.71 bits per heavy atom. The molecule has 14 heavy (non-hydrogen) atoms. The summed E-state index contributed by atoms with van der Waals surface area (Å²) in [6.45, 7) is 3.67. The maximum absolute atomic E-state index is 10.5. The Balaban J connectivity index is 2.99. The Labute approximate surface area is 87.5 Å². The summed E-state index contributed by atoms with van der Waals surface area (Å²) in [6, 6.07) is 0. The van der Waals surface area contributed by atoms with Crippen LogP contribution in [0.1, 0.15) is 30.5 Å². The lowest BCUT2D eigenvalue weighted by Gasteiger charge is -2.07. The highest BCUT2D eigenvalue weighted by atomic mass is 35.5. The van der Waals surface area contributed by atoms with E-state index in [1.807, 2.05) is 13.8 Å². The van der Waals surface area contributed by atoms with Gasteiger partial charge in [0.1, 0.15) is 5.15 Å². The molecule has 78 valence electrons. The minimum Gasteiger partial charge on any atom is -0.481 e. The number of rotatable bonds is 3. The number of hydrogen-bond acceptors (Lipinski definition) is 2. The first kappa shape index (κ1) is 11.0. The van der Waals surface area contributed by atoms with Crippen molar-refractivity contribution in [3.63, 3.8) is 0 Å². The SMILES string of the molecule is Cc1nn(C)c(Cl)c1C(C)CC(=O)O. The predicted molar refractivity (Wildman–Crippen MR) is 53.6 cm³/mol. The first-order valence-electron chi connectivity index (χ1n) is 4.34. The number of carbonyl (C=O) groups is 1. The summed E-state index contributed by atoms with van der Waals surface area (Å²) in [6.07, 6.45) is 0.0756. The van der Waals surface area contributed by atoms with Crippen molar-refractivity contribution < 1.29 is 9.90 Å². The minimum absolute atomic E-state index is 0.0756. The number of carboxylic acid groups (broad SMARTS) is 1. The third kappa shape index (κ3) is 2.07. The van der Waals surface area contributed by atoms with Gasteiger partial charge in [-0.05, 0) is 12.8 Å². The first-order chi connectivity index (χ1) is 6.43. The molecule has 1 unspecified atom stereocenters. The van der Waals surface area contributed by atoms with Gasteiger partial charge in [-0.15, -0.1) is 0 Å². The summed E-state index contributed by atoms with van der Waals surface area (Å²) >= 11 is 6.00. The van der Waals surface area contributed by atoms with Gasteiger partial charge >= 0.3 is 5.97 Å². The molecule has 1 N–H and O–H groups in total. The van der Waals surface area contributed by atoms with Crippen LogP contribution in [0.2, 0.25) is 5.15 Å². The van der Waals surface area contributed by atoms with Gasteiger partial charge in [-0.25, -0.2) is 0 Å². The van der Waals surface area contributed by atoms with Crippen LogP contribution in [-0.2, 0) is 11.8 Å². The molecule has 0 amide bonds. The van der Waals surface area contributed by atoms with E-state index in [-0.39, 0.29) is 12.3 Å². The Morgan fingerprint density at radius 3 is 2.64 bits per heavy atom. The largest absolute Gasteiger partial charge is 0.481 e. The van der Waals surface area contributed by atoms with Gasteiger partial charge in [-0.3, -0.25) is 9.48 Å². The molecule has 0 aliphatic carbocycles.